The van der Waals surface area contributed by atoms with Crippen LogP contribution in [0.4, 0.5) is 30.6 Å². The summed E-state index contributed by atoms with van der Waals surface area (Å²) in [7, 11) is 1.54. The van der Waals surface area contributed by atoms with Crippen molar-refractivity contribution in [3.05, 3.63) is 53.7 Å². The normalized spacial score (nSPS) is 13.8. The summed E-state index contributed by atoms with van der Waals surface area (Å²) in [6.45, 7) is 9.15. The van der Waals surface area contributed by atoms with E-state index < -0.39 is 23.2 Å². The zero-order chi connectivity index (χ0) is 28.3. The molecule has 0 atom stereocenters. The predicted molar refractivity (Wildman–Crippen MR) is 144 cm³/mol. The Morgan fingerprint density at radius 1 is 1.08 bits per heavy atom. The van der Waals surface area contributed by atoms with Crippen LogP contribution in [0.5, 0.6) is 5.75 Å². The molecular formula is C28H32F2N4O5. The number of esters is 1. The summed E-state index contributed by atoms with van der Waals surface area (Å²) < 4.78 is 44.5. The van der Waals surface area contributed by atoms with Crippen LogP contribution < -0.4 is 15.0 Å². The van der Waals surface area contributed by atoms with Crippen LogP contribution in [-0.4, -0.2) is 67.4 Å². The smallest absolute Gasteiger partial charge is 0.410 e. The number of hydrogen-bond donors (Lipinski definition) is 1. The molecule has 0 unspecified atom stereocenters. The van der Waals surface area contributed by atoms with E-state index >= 15 is 0 Å². The number of piperazine rings is 1. The van der Waals surface area contributed by atoms with Crippen molar-refractivity contribution >= 4 is 40.0 Å². The first-order valence-electron chi connectivity index (χ1n) is 12.6. The molecule has 1 aliphatic heterocycles. The van der Waals surface area contributed by atoms with Crippen LogP contribution in [0.3, 0.4) is 0 Å². The number of rotatable bonds is 6. The van der Waals surface area contributed by atoms with Gasteiger partial charge in [0.2, 0.25) is 0 Å². The number of benzene rings is 2. The Kier molecular flexibility index (Phi) is 8.08. The van der Waals surface area contributed by atoms with Gasteiger partial charge >= 0.3 is 12.1 Å². The first-order chi connectivity index (χ1) is 18.5. The summed E-state index contributed by atoms with van der Waals surface area (Å²) in [5.74, 6) is -1.63. The molecule has 2 heterocycles. The van der Waals surface area contributed by atoms with E-state index in [1.54, 1.807) is 31.1 Å². The van der Waals surface area contributed by atoms with Gasteiger partial charge in [-0.05, 0) is 45.9 Å². The molecule has 1 saturated heterocycles. The van der Waals surface area contributed by atoms with E-state index in [1.165, 1.54) is 12.3 Å². The van der Waals surface area contributed by atoms with E-state index in [0.717, 1.165) is 12.1 Å². The SMILES string of the molecule is CCOC(=O)c1cnc2cc(OC)c(N3CCN(C(=O)OC(C)(C)C)CC3)cc2c1Nc1ccc(F)cc1F. The Hall–Kier alpha value is -4.15. The average molecular weight is 543 g/mol. The number of ether oxygens (including phenoxy) is 3. The van der Waals surface area contributed by atoms with Gasteiger partial charge in [0.25, 0.3) is 0 Å². The van der Waals surface area contributed by atoms with Crippen molar-refractivity contribution in [1.29, 1.82) is 0 Å². The highest BCUT2D eigenvalue weighted by Gasteiger charge is 2.28. The second kappa shape index (κ2) is 11.3. The van der Waals surface area contributed by atoms with Crippen LogP contribution in [0.25, 0.3) is 10.9 Å². The lowest BCUT2D eigenvalue weighted by Gasteiger charge is -2.37. The maximum atomic E-state index is 14.6. The second-order valence-electron chi connectivity index (χ2n) is 10.0. The summed E-state index contributed by atoms with van der Waals surface area (Å²) in [4.78, 5) is 33.5. The average Bonchev–Trinajstić information content (AvgIpc) is 2.88. The van der Waals surface area contributed by atoms with E-state index in [2.05, 4.69) is 15.2 Å². The summed E-state index contributed by atoms with van der Waals surface area (Å²) in [6, 6.07) is 6.67. The van der Waals surface area contributed by atoms with E-state index in [9.17, 15) is 18.4 Å². The van der Waals surface area contributed by atoms with E-state index in [0.29, 0.717) is 48.5 Å². The summed E-state index contributed by atoms with van der Waals surface area (Å²) in [6.07, 6.45) is 0.978. The van der Waals surface area contributed by atoms with Crippen LogP contribution >= 0.6 is 0 Å². The molecule has 208 valence electrons. The zero-order valence-electron chi connectivity index (χ0n) is 22.6. The van der Waals surface area contributed by atoms with Gasteiger partial charge in [0.05, 0.1) is 36.3 Å². The highest BCUT2D eigenvalue weighted by Crippen LogP contribution is 2.38. The number of carbonyl (C=O) groups excluding carboxylic acids is 2. The number of anilines is 3. The third-order valence-electron chi connectivity index (χ3n) is 6.13. The van der Waals surface area contributed by atoms with Gasteiger partial charge in [-0.3, -0.25) is 4.98 Å². The summed E-state index contributed by atoms with van der Waals surface area (Å²) in [5, 5.41) is 3.46. The molecule has 9 nitrogen and oxygen atoms in total. The molecule has 1 fully saturated rings. The number of pyridine rings is 1. The molecule has 0 spiro atoms. The fourth-order valence-electron chi connectivity index (χ4n) is 4.30. The van der Waals surface area contributed by atoms with Gasteiger partial charge in [-0.15, -0.1) is 0 Å². The molecule has 11 heteroatoms. The Bertz CT molecular complexity index is 1380. The molecule has 39 heavy (non-hydrogen) atoms. The highest BCUT2D eigenvalue weighted by atomic mass is 19.1. The number of hydrogen-bond acceptors (Lipinski definition) is 8. The van der Waals surface area contributed by atoms with Gasteiger partial charge in [0.15, 0.2) is 0 Å². The van der Waals surface area contributed by atoms with Crippen LogP contribution in [-0.2, 0) is 9.47 Å². The van der Waals surface area contributed by atoms with Crippen molar-refractivity contribution in [3.8, 4) is 5.75 Å². The van der Waals surface area contributed by atoms with Crippen LogP contribution in [0.1, 0.15) is 38.1 Å². The summed E-state index contributed by atoms with van der Waals surface area (Å²) >= 11 is 0. The van der Waals surface area contributed by atoms with Gasteiger partial charge in [-0.2, -0.15) is 0 Å². The Morgan fingerprint density at radius 3 is 2.41 bits per heavy atom. The number of methoxy groups -OCH3 is 1. The van der Waals surface area contributed by atoms with E-state index in [-0.39, 0.29) is 29.6 Å². The minimum atomic E-state index is -0.818. The maximum Gasteiger partial charge on any atom is 0.410 e. The van der Waals surface area contributed by atoms with Gasteiger partial charge in [-0.1, -0.05) is 0 Å². The van der Waals surface area contributed by atoms with Crippen molar-refractivity contribution in [2.24, 2.45) is 0 Å². The fourth-order valence-corrected chi connectivity index (χ4v) is 4.30. The molecule has 0 aliphatic carbocycles. The molecule has 1 amide bonds. The lowest BCUT2D eigenvalue weighted by atomic mass is 10.1. The minimum absolute atomic E-state index is 0.0159. The topological polar surface area (TPSA) is 93.2 Å². The molecular weight excluding hydrogens is 510 g/mol. The standard InChI is InChI=1S/C28H32F2N4O5/c1-6-38-26(35)19-16-31-22-15-24(37-5)23(33-9-11-34(12-10-33)27(36)39-28(2,3)4)14-18(22)25(19)32-21-8-7-17(29)13-20(21)30/h7-8,13-16H,6,9-12H2,1-5H3,(H,31,32). The van der Waals surface area contributed by atoms with Crippen LogP contribution in [0.15, 0.2) is 36.5 Å². The largest absolute Gasteiger partial charge is 0.495 e. The van der Waals surface area contributed by atoms with Gasteiger partial charge in [0.1, 0.15) is 28.5 Å². The molecule has 1 aromatic heterocycles. The molecule has 3 aromatic rings. The molecule has 0 radical (unpaired) electrons. The Morgan fingerprint density at radius 2 is 1.79 bits per heavy atom. The third kappa shape index (κ3) is 6.30. The highest BCUT2D eigenvalue weighted by molar-refractivity contribution is 6.07. The number of amides is 1. The van der Waals surface area contributed by atoms with Gasteiger partial charge < -0.3 is 29.3 Å². The minimum Gasteiger partial charge on any atom is -0.495 e. The van der Waals surface area contributed by atoms with Crippen molar-refractivity contribution in [2.45, 2.75) is 33.3 Å². The number of aromatic nitrogens is 1. The number of fused-ring (bicyclic) bond motifs is 1. The molecule has 1 aliphatic rings. The third-order valence-corrected chi connectivity index (χ3v) is 6.13. The van der Waals surface area contributed by atoms with Gasteiger partial charge in [-0.25, -0.2) is 18.4 Å². The maximum absolute atomic E-state index is 14.6. The van der Waals surface area contributed by atoms with Crippen molar-refractivity contribution in [2.75, 3.05) is 50.1 Å². The lowest BCUT2D eigenvalue weighted by molar-refractivity contribution is 0.0240. The number of nitrogens with one attached hydrogen (secondary N) is 1. The second-order valence-corrected chi connectivity index (χ2v) is 10.0. The molecule has 4 rings (SSSR count). The van der Waals surface area contributed by atoms with Gasteiger partial charge in [0, 0.05) is 49.9 Å². The molecule has 0 bridgehead atoms. The molecule has 0 saturated carbocycles. The fraction of sp³-hybridized carbons (Fsp3) is 0.393. The lowest BCUT2D eigenvalue weighted by Crippen LogP contribution is -2.50. The summed E-state index contributed by atoms with van der Waals surface area (Å²) in [5.41, 5.74) is 0.949. The Labute approximate surface area is 225 Å². The Balaban J connectivity index is 1.74. The van der Waals surface area contributed by atoms with Crippen molar-refractivity contribution in [3.63, 3.8) is 0 Å². The molecule has 2 aromatic carbocycles. The predicted octanol–water partition coefficient (Wildman–Crippen LogP) is 5.50. The van der Waals surface area contributed by atoms with Crippen LogP contribution in [0.2, 0.25) is 0 Å². The first-order valence-corrected chi connectivity index (χ1v) is 12.6. The first kappa shape index (κ1) is 27.9. The van der Waals surface area contributed by atoms with Crippen LogP contribution in [0, 0.1) is 11.6 Å². The number of halogens is 2. The van der Waals surface area contributed by atoms with Crippen molar-refractivity contribution in [1.82, 2.24) is 9.88 Å². The number of carbonyl (C=O) groups is 2. The molecule has 1 N–H and O–H groups in total. The van der Waals surface area contributed by atoms with Crippen molar-refractivity contribution < 1.29 is 32.6 Å². The zero-order valence-corrected chi connectivity index (χ0v) is 22.6. The monoisotopic (exact) mass is 542 g/mol. The van der Waals surface area contributed by atoms with E-state index in [1.807, 2.05) is 20.8 Å². The quantitative estimate of drug-likeness (QED) is 0.409. The van der Waals surface area contributed by atoms with E-state index in [4.69, 9.17) is 14.2 Å². The number of nitrogens with zero attached hydrogens (tertiary/aromatic N) is 3.